The summed E-state index contributed by atoms with van der Waals surface area (Å²) in [6, 6.07) is 13.0. The minimum absolute atomic E-state index is 0.165. The van der Waals surface area contributed by atoms with E-state index in [0.717, 1.165) is 16.1 Å². The molecule has 25 heavy (non-hydrogen) atoms. The zero-order valence-electron chi connectivity index (χ0n) is 13.6. The molecule has 1 aromatic heterocycles. The van der Waals surface area contributed by atoms with Crippen molar-refractivity contribution in [3.05, 3.63) is 70.5 Å². The number of hydrogen-bond donors (Lipinski definition) is 2. The number of halogens is 1. The van der Waals surface area contributed by atoms with Gasteiger partial charge in [-0.25, -0.2) is 9.37 Å². The number of benzene rings is 2. The Morgan fingerprint density at radius 2 is 1.84 bits per heavy atom. The standard InChI is InChI=1S/C19H17FN2O2S/c1-12-17(25-19(22-12)14-4-8-16(23)9-5-14)18(24)21-11-10-13-2-6-15(20)7-3-13/h2-9,23H,10-11H2,1H3,(H,21,24). The van der Waals surface area contributed by atoms with Crippen LogP contribution in [0.25, 0.3) is 10.6 Å². The molecule has 2 aromatic carbocycles. The van der Waals surface area contributed by atoms with Crippen LogP contribution in [0.5, 0.6) is 5.75 Å². The largest absolute Gasteiger partial charge is 0.508 e. The first-order chi connectivity index (χ1) is 12.0. The Morgan fingerprint density at radius 3 is 2.52 bits per heavy atom. The molecule has 4 nitrogen and oxygen atoms in total. The maximum atomic E-state index is 12.9. The van der Waals surface area contributed by atoms with Crippen molar-refractivity contribution < 1.29 is 14.3 Å². The highest BCUT2D eigenvalue weighted by Crippen LogP contribution is 2.28. The van der Waals surface area contributed by atoms with E-state index in [1.165, 1.54) is 23.5 Å². The number of aryl methyl sites for hydroxylation is 1. The Labute approximate surface area is 149 Å². The van der Waals surface area contributed by atoms with Gasteiger partial charge in [0.2, 0.25) is 0 Å². The number of nitrogens with one attached hydrogen (secondary N) is 1. The van der Waals surface area contributed by atoms with Gasteiger partial charge in [0.1, 0.15) is 21.5 Å². The predicted octanol–water partition coefficient (Wildman–Crippen LogP) is 3.94. The first-order valence-electron chi connectivity index (χ1n) is 7.82. The quantitative estimate of drug-likeness (QED) is 0.728. The molecule has 6 heteroatoms. The highest BCUT2D eigenvalue weighted by Gasteiger charge is 2.15. The summed E-state index contributed by atoms with van der Waals surface area (Å²) in [5.74, 6) is -0.243. The number of hydrogen-bond acceptors (Lipinski definition) is 4. The van der Waals surface area contributed by atoms with E-state index in [9.17, 15) is 14.3 Å². The van der Waals surface area contributed by atoms with Crippen LogP contribution < -0.4 is 5.32 Å². The third-order valence-corrected chi connectivity index (χ3v) is 4.93. The van der Waals surface area contributed by atoms with Gasteiger partial charge in [-0.05, 0) is 55.3 Å². The number of rotatable bonds is 5. The number of thiazole rings is 1. The van der Waals surface area contributed by atoms with Gasteiger partial charge < -0.3 is 10.4 Å². The van der Waals surface area contributed by atoms with Crippen molar-refractivity contribution in [2.24, 2.45) is 0 Å². The van der Waals surface area contributed by atoms with Crippen LogP contribution in [0.1, 0.15) is 20.9 Å². The lowest BCUT2D eigenvalue weighted by Gasteiger charge is -2.04. The van der Waals surface area contributed by atoms with Gasteiger partial charge in [0.25, 0.3) is 5.91 Å². The molecule has 1 amide bonds. The average Bonchev–Trinajstić information content (AvgIpc) is 2.99. The highest BCUT2D eigenvalue weighted by atomic mass is 32.1. The van der Waals surface area contributed by atoms with Crippen LogP contribution in [0.3, 0.4) is 0 Å². The minimum Gasteiger partial charge on any atom is -0.508 e. The second-order valence-electron chi connectivity index (χ2n) is 5.61. The van der Waals surface area contributed by atoms with E-state index < -0.39 is 0 Å². The maximum Gasteiger partial charge on any atom is 0.263 e. The summed E-state index contributed by atoms with van der Waals surface area (Å²) >= 11 is 1.32. The van der Waals surface area contributed by atoms with Crippen molar-refractivity contribution in [1.29, 1.82) is 0 Å². The van der Waals surface area contributed by atoms with E-state index in [-0.39, 0.29) is 17.5 Å². The van der Waals surface area contributed by atoms with Gasteiger partial charge in [-0.2, -0.15) is 0 Å². The molecule has 0 unspecified atom stereocenters. The molecule has 3 rings (SSSR count). The van der Waals surface area contributed by atoms with Crippen molar-refractivity contribution in [2.75, 3.05) is 6.54 Å². The third-order valence-electron chi connectivity index (χ3n) is 3.73. The first-order valence-corrected chi connectivity index (χ1v) is 8.64. The van der Waals surface area contributed by atoms with Gasteiger partial charge in [0.05, 0.1) is 5.69 Å². The topological polar surface area (TPSA) is 62.2 Å². The van der Waals surface area contributed by atoms with E-state index in [1.54, 1.807) is 43.3 Å². The predicted molar refractivity (Wildman–Crippen MR) is 96.4 cm³/mol. The first kappa shape index (κ1) is 17.1. The number of aromatic hydroxyl groups is 1. The Bertz CT molecular complexity index is 873. The molecular weight excluding hydrogens is 339 g/mol. The van der Waals surface area contributed by atoms with E-state index in [1.807, 2.05) is 0 Å². The number of amides is 1. The lowest BCUT2D eigenvalue weighted by Crippen LogP contribution is -2.25. The summed E-state index contributed by atoms with van der Waals surface area (Å²) in [7, 11) is 0. The SMILES string of the molecule is Cc1nc(-c2ccc(O)cc2)sc1C(=O)NCCc1ccc(F)cc1. The fraction of sp³-hybridized carbons (Fsp3) is 0.158. The number of carbonyl (C=O) groups is 1. The van der Waals surface area contributed by atoms with Gasteiger partial charge in [-0.3, -0.25) is 4.79 Å². The van der Waals surface area contributed by atoms with Gasteiger partial charge >= 0.3 is 0 Å². The molecule has 0 bridgehead atoms. The van der Waals surface area contributed by atoms with E-state index >= 15 is 0 Å². The van der Waals surface area contributed by atoms with Crippen molar-refractivity contribution in [3.8, 4) is 16.3 Å². The molecule has 0 atom stereocenters. The molecule has 0 aliphatic heterocycles. The molecule has 3 aromatic rings. The number of carbonyl (C=O) groups excluding carboxylic acids is 1. The normalized spacial score (nSPS) is 10.6. The fourth-order valence-corrected chi connectivity index (χ4v) is 3.37. The molecule has 0 fully saturated rings. The number of phenols is 1. The Hall–Kier alpha value is -2.73. The summed E-state index contributed by atoms with van der Waals surface area (Å²) in [5.41, 5.74) is 2.50. The summed E-state index contributed by atoms with van der Waals surface area (Å²) in [4.78, 5) is 17.4. The van der Waals surface area contributed by atoms with Gasteiger partial charge in [0, 0.05) is 12.1 Å². The molecule has 128 valence electrons. The molecule has 1 heterocycles. The van der Waals surface area contributed by atoms with Crippen LogP contribution in [-0.2, 0) is 6.42 Å². The summed E-state index contributed by atoms with van der Waals surface area (Å²) in [6.07, 6.45) is 0.634. The van der Waals surface area contributed by atoms with Crippen LogP contribution in [-0.4, -0.2) is 22.5 Å². The van der Waals surface area contributed by atoms with Crippen LogP contribution >= 0.6 is 11.3 Å². The van der Waals surface area contributed by atoms with Gasteiger partial charge in [-0.15, -0.1) is 11.3 Å². The Morgan fingerprint density at radius 1 is 1.16 bits per heavy atom. The highest BCUT2D eigenvalue weighted by molar-refractivity contribution is 7.17. The molecule has 0 radical (unpaired) electrons. The molecule has 0 aliphatic rings. The number of phenolic OH excluding ortho intramolecular Hbond substituents is 1. The minimum atomic E-state index is -0.269. The second-order valence-corrected chi connectivity index (χ2v) is 6.61. The van der Waals surface area contributed by atoms with Crippen LogP contribution in [0, 0.1) is 12.7 Å². The molecule has 0 saturated heterocycles. The van der Waals surface area contributed by atoms with E-state index in [0.29, 0.717) is 23.5 Å². The molecular formula is C19H17FN2O2S. The van der Waals surface area contributed by atoms with Crippen molar-refractivity contribution in [2.45, 2.75) is 13.3 Å². The maximum absolute atomic E-state index is 12.9. The van der Waals surface area contributed by atoms with Crippen LogP contribution in [0.4, 0.5) is 4.39 Å². The van der Waals surface area contributed by atoms with Crippen molar-refractivity contribution in [3.63, 3.8) is 0 Å². The zero-order chi connectivity index (χ0) is 17.8. The molecule has 0 saturated carbocycles. The van der Waals surface area contributed by atoms with Crippen LogP contribution in [0.15, 0.2) is 48.5 Å². The monoisotopic (exact) mass is 356 g/mol. The summed E-state index contributed by atoms with van der Waals surface area (Å²) in [5, 5.41) is 13.0. The average molecular weight is 356 g/mol. The van der Waals surface area contributed by atoms with Gasteiger partial charge in [0.15, 0.2) is 0 Å². The van der Waals surface area contributed by atoms with E-state index in [4.69, 9.17) is 0 Å². The lowest BCUT2D eigenvalue weighted by atomic mass is 10.1. The second kappa shape index (κ2) is 7.44. The lowest BCUT2D eigenvalue weighted by molar-refractivity contribution is 0.0957. The summed E-state index contributed by atoms with van der Waals surface area (Å²) < 4.78 is 12.9. The van der Waals surface area contributed by atoms with Crippen molar-refractivity contribution in [1.82, 2.24) is 10.3 Å². The van der Waals surface area contributed by atoms with Crippen molar-refractivity contribution >= 4 is 17.2 Å². The number of aromatic nitrogens is 1. The third kappa shape index (κ3) is 4.22. The molecule has 2 N–H and O–H groups in total. The zero-order valence-corrected chi connectivity index (χ0v) is 14.4. The Balaban J connectivity index is 1.64. The molecule has 0 spiro atoms. The number of nitrogens with zero attached hydrogens (tertiary/aromatic N) is 1. The van der Waals surface area contributed by atoms with Gasteiger partial charge in [-0.1, -0.05) is 12.1 Å². The smallest absolute Gasteiger partial charge is 0.263 e. The molecule has 0 aliphatic carbocycles. The summed E-state index contributed by atoms with van der Waals surface area (Å²) in [6.45, 7) is 2.27. The van der Waals surface area contributed by atoms with Crippen LogP contribution in [0.2, 0.25) is 0 Å². The van der Waals surface area contributed by atoms with E-state index in [2.05, 4.69) is 10.3 Å². The Kier molecular flexibility index (Phi) is 5.09. The fourth-order valence-electron chi connectivity index (χ4n) is 2.39.